The minimum Gasteiger partial charge on any atom is -0.339 e. The number of nitrogens with zero attached hydrogens (tertiary/aromatic N) is 2. The van der Waals surface area contributed by atoms with E-state index in [1.807, 2.05) is 4.90 Å². The summed E-state index contributed by atoms with van der Waals surface area (Å²) in [5.41, 5.74) is -0.667. The van der Waals surface area contributed by atoms with Crippen LogP contribution in [0.15, 0.2) is 0 Å². The molecule has 4 aliphatic rings. The molecule has 1 atom stereocenters. The zero-order valence-electron chi connectivity index (χ0n) is 15.7. The highest BCUT2D eigenvalue weighted by atomic mass is 16.2. The van der Waals surface area contributed by atoms with Crippen LogP contribution in [0.3, 0.4) is 0 Å². The van der Waals surface area contributed by atoms with Gasteiger partial charge in [0.15, 0.2) is 0 Å². The Kier molecular flexibility index (Phi) is 4.93. The Labute approximate surface area is 155 Å². The van der Waals surface area contributed by atoms with Crippen molar-refractivity contribution in [1.82, 2.24) is 15.1 Å². The second-order valence-electron chi connectivity index (χ2n) is 8.75. The monoisotopic (exact) mass is 361 g/mol. The molecule has 1 spiro atoms. The van der Waals surface area contributed by atoms with E-state index >= 15 is 0 Å². The van der Waals surface area contributed by atoms with Gasteiger partial charge in [-0.25, -0.2) is 4.79 Å². The quantitative estimate of drug-likeness (QED) is 0.786. The summed E-state index contributed by atoms with van der Waals surface area (Å²) in [4.78, 5) is 41.5. The van der Waals surface area contributed by atoms with Crippen LogP contribution in [-0.4, -0.2) is 52.3 Å². The number of amides is 4. The second-order valence-corrected chi connectivity index (χ2v) is 8.75. The molecule has 1 N–H and O–H groups in total. The minimum absolute atomic E-state index is 0.0482. The van der Waals surface area contributed by atoms with Gasteiger partial charge in [0.2, 0.25) is 5.91 Å². The third kappa shape index (κ3) is 3.23. The molecule has 0 radical (unpaired) electrons. The Hall–Kier alpha value is -1.59. The molecule has 6 heteroatoms. The molecule has 2 saturated carbocycles. The standard InChI is InChI=1S/C20H31N3O3/c24-17-12-15(13-22(17)16-8-4-3-5-9-16)14-23-18(25)20(21-19(23)26)10-6-1-2-7-11-20/h15-16H,1-14H2,(H,21,26). The number of nitrogens with one attached hydrogen (secondary N) is 1. The fraction of sp³-hybridized carbons (Fsp3) is 0.850. The number of hydrogen-bond donors (Lipinski definition) is 1. The molecule has 144 valence electrons. The Morgan fingerprint density at radius 3 is 2.27 bits per heavy atom. The summed E-state index contributed by atoms with van der Waals surface area (Å²) in [6, 6.07) is 0.123. The van der Waals surface area contributed by atoms with Crippen molar-refractivity contribution in [3.8, 4) is 0 Å². The van der Waals surface area contributed by atoms with Crippen molar-refractivity contribution in [1.29, 1.82) is 0 Å². The van der Waals surface area contributed by atoms with Gasteiger partial charge in [-0.15, -0.1) is 0 Å². The van der Waals surface area contributed by atoms with Crippen LogP contribution in [0.25, 0.3) is 0 Å². The van der Waals surface area contributed by atoms with Crippen LogP contribution in [0.5, 0.6) is 0 Å². The molecule has 0 aromatic carbocycles. The molecule has 0 bridgehead atoms. The number of carbonyl (C=O) groups is 3. The maximum atomic E-state index is 13.0. The number of likely N-dealkylation sites (tertiary alicyclic amines) is 1. The smallest absolute Gasteiger partial charge is 0.325 e. The summed E-state index contributed by atoms with van der Waals surface area (Å²) in [6.45, 7) is 1.09. The van der Waals surface area contributed by atoms with Crippen molar-refractivity contribution in [3.05, 3.63) is 0 Å². The third-order valence-electron chi connectivity index (χ3n) is 6.90. The van der Waals surface area contributed by atoms with E-state index in [-0.39, 0.29) is 23.8 Å². The summed E-state index contributed by atoms with van der Waals surface area (Å²) in [5, 5.41) is 3.01. The van der Waals surface area contributed by atoms with Crippen LogP contribution in [0.2, 0.25) is 0 Å². The minimum atomic E-state index is -0.667. The lowest BCUT2D eigenvalue weighted by Gasteiger charge is -2.31. The molecule has 2 aliphatic heterocycles. The first kappa shape index (κ1) is 17.8. The van der Waals surface area contributed by atoms with Crippen LogP contribution in [0.4, 0.5) is 4.79 Å². The highest BCUT2D eigenvalue weighted by Crippen LogP contribution is 2.34. The van der Waals surface area contributed by atoms with Crippen LogP contribution in [-0.2, 0) is 9.59 Å². The van der Waals surface area contributed by atoms with Gasteiger partial charge in [-0.2, -0.15) is 0 Å². The lowest BCUT2D eigenvalue weighted by Crippen LogP contribution is -2.46. The first-order valence-electron chi connectivity index (χ1n) is 10.5. The van der Waals surface area contributed by atoms with Gasteiger partial charge in [-0.3, -0.25) is 14.5 Å². The van der Waals surface area contributed by atoms with E-state index < -0.39 is 5.54 Å². The third-order valence-corrected chi connectivity index (χ3v) is 6.90. The van der Waals surface area contributed by atoms with Crippen LogP contribution in [0.1, 0.15) is 77.0 Å². The van der Waals surface area contributed by atoms with Crippen molar-refractivity contribution >= 4 is 17.8 Å². The van der Waals surface area contributed by atoms with Crippen LogP contribution >= 0.6 is 0 Å². The Morgan fingerprint density at radius 1 is 0.923 bits per heavy atom. The van der Waals surface area contributed by atoms with E-state index in [2.05, 4.69) is 5.32 Å². The van der Waals surface area contributed by atoms with E-state index in [4.69, 9.17) is 0 Å². The molecule has 0 aromatic rings. The zero-order chi connectivity index (χ0) is 18.1. The predicted molar refractivity (Wildman–Crippen MR) is 97.4 cm³/mol. The normalized spacial score (nSPS) is 30.2. The number of urea groups is 1. The number of imide groups is 1. The van der Waals surface area contributed by atoms with Gasteiger partial charge in [-0.1, -0.05) is 44.9 Å². The van der Waals surface area contributed by atoms with Gasteiger partial charge in [0.25, 0.3) is 5.91 Å². The average Bonchev–Trinajstić information content (AvgIpc) is 2.98. The van der Waals surface area contributed by atoms with Crippen molar-refractivity contribution in [3.63, 3.8) is 0 Å². The summed E-state index contributed by atoms with van der Waals surface area (Å²) < 4.78 is 0. The molecule has 2 saturated heterocycles. The van der Waals surface area contributed by atoms with Gasteiger partial charge >= 0.3 is 6.03 Å². The molecular formula is C20H31N3O3. The molecule has 2 aliphatic carbocycles. The van der Waals surface area contributed by atoms with Gasteiger partial charge in [0, 0.05) is 31.5 Å². The highest BCUT2D eigenvalue weighted by molar-refractivity contribution is 6.07. The van der Waals surface area contributed by atoms with Gasteiger partial charge in [0.1, 0.15) is 5.54 Å². The Bertz CT molecular complexity index is 577. The highest BCUT2D eigenvalue weighted by Gasteiger charge is 2.51. The van der Waals surface area contributed by atoms with Crippen molar-refractivity contribution in [2.45, 2.75) is 88.6 Å². The summed E-state index contributed by atoms with van der Waals surface area (Å²) >= 11 is 0. The van der Waals surface area contributed by atoms with Gasteiger partial charge in [-0.05, 0) is 25.7 Å². The molecular weight excluding hydrogens is 330 g/mol. The predicted octanol–water partition coefficient (Wildman–Crippen LogP) is 2.81. The molecule has 4 amide bonds. The molecule has 0 aromatic heterocycles. The summed E-state index contributed by atoms with van der Waals surface area (Å²) in [5.74, 6) is 0.242. The first-order valence-corrected chi connectivity index (χ1v) is 10.5. The largest absolute Gasteiger partial charge is 0.339 e. The second kappa shape index (κ2) is 7.20. The van der Waals surface area contributed by atoms with E-state index in [0.29, 0.717) is 25.6 Å². The maximum Gasteiger partial charge on any atom is 0.325 e. The van der Waals surface area contributed by atoms with Gasteiger partial charge < -0.3 is 10.2 Å². The Balaban J connectivity index is 1.40. The first-order chi connectivity index (χ1) is 12.6. The average molecular weight is 361 g/mol. The molecule has 2 heterocycles. The number of rotatable bonds is 3. The molecule has 1 unspecified atom stereocenters. The van der Waals surface area contributed by atoms with Crippen LogP contribution < -0.4 is 5.32 Å². The maximum absolute atomic E-state index is 13.0. The fourth-order valence-corrected chi connectivity index (χ4v) is 5.45. The van der Waals surface area contributed by atoms with E-state index in [1.54, 1.807) is 0 Å². The van der Waals surface area contributed by atoms with Crippen molar-refractivity contribution < 1.29 is 14.4 Å². The lowest BCUT2D eigenvalue weighted by atomic mass is 9.90. The summed E-state index contributed by atoms with van der Waals surface area (Å²) in [7, 11) is 0. The SMILES string of the molecule is O=C1NC2(CCCCCC2)C(=O)N1CC1CC(=O)N(C2CCCCC2)C1. The number of carbonyl (C=O) groups excluding carboxylic acids is 3. The topological polar surface area (TPSA) is 69.7 Å². The summed E-state index contributed by atoms with van der Waals surface area (Å²) in [6.07, 6.45) is 12.1. The van der Waals surface area contributed by atoms with Crippen molar-refractivity contribution in [2.75, 3.05) is 13.1 Å². The lowest BCUT2D eigenvalue weighted by molar-refractivity contribution is -0.132. The Morgan fingerprint density at radius 2 is 1.58 bits per heavy atom. The zero-order valence-corrected chi connectivity index (χ0v) is 15.7. The molecule has 4 rings (SSSR count). The van der Waals surface area contributed by atoms with E-state index in [0.717, 1.165) is 51.4 Å². The molecule has 4 fully saturated rings. The molecule has 26 heavy (non-hydrogen) atoms. The fourth-order valence-electron chi connectivity index (χ4n) is 5.45. The van der Waals surface area contributed by atoms with E-state index in [1.165, 1.54) is 24.2 Å². The van der Waals surface area contributed by atoms with Crippen molar-refractivity contribution in [2.24, 2.45) is 5.92 Å². The number of hydrogen-bond acceptors (Lipinski definition) is 3. The van der Waals surface area contributed by atoms with Gasteiger partial charge in [0.05, 0.1) is 0 Å². The molecule has 6 nitrogen and oxygen atoms in total. The van der Waals surface area contributed by atoms with E-state index in [9.17, 15) is 14.4 Å². The van der Waals surface area contributed by atoms with Crippen LogP contribution in [0, 0.1) is 5.92 Å².